The van der Waals surface area contributed by atoms with Gasteiger partial charge in [0.25, 0.3) is 6.71 Å². The normalized spacial score (nSPS) is 13.3. The third kappa shape index (κ3) is 5.10. The van der Waals surface area contributed by atoms with Crippen LogP contribution in [-0.2, 0) is 10.8 Å². The lowest BCUT2D eigenvalue weighted by atomic mass is 9.33. The summed E-state index contributed by atoms with van der Waals surface area (Å²) in [6.45, 7) is 14.1. The molecule has 0 unspecified atom stereocenters. The quantitative estimate of drug-likeness (QED) is 0.162. The minimum Gasteiger partial charge on any atom is -0.456 e. The summed E-state index contributed by atoms with van der Waals surface area (Å²) in [5.74, 6) is 0. The van der Waals surface area contributed by atoms with E-state index >= 15 is 0 Å². The average molecular weight is 847 g/mol. The van der Waals surface area contributed by atoms with E-state index in [1.54, 1.807) is 0 Å². The second kappa shape index (κ2) is 13.0. The Bertz CT molecular complexity index is 4060. The minimum absolute atomic E-state index is 0.00471. The van der Waals surface area contributed by atoms with Crippen molar-refractivity contribution in [2.45, 2.75) is 52.4 Å². The number of furan rings is 1. The van der Waals surface area contributed by atoms with Crippen molar-refractivity contribution in [2.75, 3.05) is 0 Å². The molecule has 3 nitrogen and oxygen atoms in total. The Labute approximate surface area is 384 Å². The third-order valence-electron chi connectivity index (χ3n) is 15.0. The molecule has 0 bridgehead atoms. The summed E-state index contributed by atoms with van der Waals surface area (Å²) in [7, 11) is 0. The van der Waals surface area contributed by atoms with Gasteiger partial charge in [-0.15, -0.1) is 0 Å². The fourth-order valence-corrected chi connectivity index (χ4v) is 11.8. The molecule has 66 heavy (non-hydrogen) atoms. The summed E-state index contributed by atoms with van der Waals surface area (Å²) in [4.78, 5) is 0. The lowest BCUT2D eigenvalue weighted by molar-refractivity contribution is 0.590. The van der Waals surface area contributed by atoms with Gasteiger partial charge in [0.1, 0.15) is 11.2 Å². The van der Waals surface area contributed by atoms with Crippen molar-refractivity contribution in [3.05, 3.63) is 187 Å². The molecule has 2 aliphatic heterocycles. The summed E-state index contributed by atoms with van der Waals surface area (Å²) in [6, 6.07) is 66.4. The van der Waals surface area contributed by atoms with E-state index in [0.29, 0.717) is 0 Å². The Morgan fingerprint density at radius 3 is 1.82 bits per heavy atom. The number of aromatic nitrogens is 2. The van der Waals surface area contributed by atoms with Crippen molar-refractivity contribution < 1.29 is 4.42 Å². The van der Waals surface area contributed by atoms with Crippen molar-refractivity contribution in [3.8, 4) is 44.9 Å². The van der Waals surface area contributed by atoms with E-state index in [0.717, 1.165) is 21.9 Å². The van der Waals surface area contributed by atoms with Crippen molar-refractivity contribution in [1.29, 1.82) is 0 Å². The zero-order valence-corrected chi connectivity index (χ0v) is 38.1. The van der Waals surface area contributed by atoms with Crippen LogP contribution in [0.5, 0.6) is 0 Å². The molecular weight excluding hydrogens is 800 g/mol. The highest BCUT2D eigenvalue weighted by Gasteiger charge is 2.44. The zero-order chi connectivity index (χ0) is 44.4. The van der Waals surface area contributed by atoms with E-state index in [1.165, 1.54) is 116 Å². The minimum atomic E-state index is -0.0759. The topological polar surface area (TPSA) is 23.0 Å². The molecule has 0 saturated heterocycles. The molecule has 9 aromatic carbocycles. The van der Waals surface area contributed by atoms with E-state index < -0.39 is 0 Å². The first-order valence-corrected chi connectivity index (χ1v) is 23.5. The van der Waals surface area contributed by atoms with E-state index in [2.05, 4.69) is 227 Å². The maximum Gasteiger partial charge on any atom is 0.253 e. The van der Waals surface area contributed by atoms with Crippen LogP contribution >= 0.6 is 0 Å². The first-order valence-electron chi connectivity index (χ1n) is 23.5. The summed E-state index contributed by atoms with van der Waals surface area (Å²) < 4.78 is 11.7. The van der Waals surface area contributed by atoms with Crippen LogP contribution in [0.3, 0.4) is 0 Å². The van der Waals surface area contributed by atoms with Gasteiger partial charge >= 0.3 is 0 Å². The Kier molecular flexibility index (Phi) is 7.47. The van der Waals surface area contributed by atoms with Crippen LogP contribution in [0.4, 0.5) is 0 Å². The predicted octanol–water partition coefficient (Wildman–Crippen LogP) is 14.5. The van der Waals surface area contributed by atoms with Gasteiger partial charge in [0.15, 0.2) is 0 Å². The maximum absolute atomic E-state index is 6.40. The molecule has 0 saturated carbocycles. The summed E-state index contributed by atoms with van der Waals surface area (Å²) in [5, 5.41) is 8.76. The Morgan fingerprint density at radius 1 is 0.409 bits per heavy atom. The van der Waals surface area contributed by atoms with Crippen LogP contribution in [0.25, 0.3) is 110 Å². The van der Waals surface area contributed by atoms with Gasteiger partial charge in [-0.25, -0.2) is 0 Å². The van der Waals surface area contributed by atoms with Crippen molar-refractivity contribution in [3.63, 3.8) is 0 Å². The molecule has 12 aromatic rings. The molecule has 4 heteroatoms. The zero-order valence-electron chi connectivity index (χ0n) is 38.1. The summed E-state index contributed by atoms with van der Waals surface area (Å²) >= 11 is 0. The van der Waals surface area contributed by atoms with Crippen molar-refractivity contribution in [2.24, 2.45) is 0 Å². The SMILES string of the molecule is CC(C)(C)c1ccc2c(c1)c1cc(C(C)(C)C)cc3c1n2-c1cc(-c2ccc4oc5ccccc5c4c2)cc2c1B3c1c3ccccc3cc3c(-c4ccccc4)c(-c4ccccc4)n-2c13. The fourth-order valence-electron chi connectivity index (χ4n) is 11.8. The van der Waals surface area contributed by atoms with Crippen molar-refractivity contribution in [1.82, 2.24) is 9.13 Å². The van der Waals surface area contributed by atoms with Crippen LogP contribution in [0.1, 0.15) is 52.7 Å². The summed E-state index contributed by atoms with van der Waals surface area (Å²) in [5.41, 5.74) is 22.1. The van der Waals surface area contributed by atoms with E-state index in [1.807, 2.05) is 0 Å². The van der Waals surface area contributed by atoms with Crippen LogP contribution in [-0.4, -0.2) is 15.8 Å². The summed E-state index contributed by atoms with van der Waals surface area (Å²) in [6.07, 6.45) is 0. The van der Waals surface area contributed by atoms with Crippen molar-refractivity contribution >= 4 is 88.5 Å². The molecule has 0 fully saturated rings. The van der Waals surface area contributed by atoms with E-state index in [-0.39, 0.29) is 17.5 Å². The number of para-hydroxylation sites is 1. The Balaban J connectivity index is 1.22. The fraction of sp³-hybridized carbons (Fsp3) is 0.129. The molecule has 314 valence electrons. The molecule has 0 atom stereocenters. The van der Waals surface area contributed by atoms with Gasteiger partial charge in [-0.05, 0) is 126 Å². The van der Waals surface area contributed by atoms with E-state index in [9.17, 15) is 0 Å². The predicted molar refractivity (Wildman–Crippen MR) is 281 cm³/mol. The Morgan fingerprint density at radius 2 is 1.06 bits per heavy atom. The molecule has 0 aliphatic carbocycles. The van der Waals surface area contributed by atoms with Gasteiger partial charge < -0.3 is 13.6 Å². The van der Waals surface area contributed by atoms with Crippen LogP contribution < -0.4 is 16.4 Å². The molecule has 0 radical (unpaired) electrons. The second-order valence-corrected chi connectivity index (χ2v) is 20.9. The van der Waals surface area contributed by atoms with Gasteiger partial charge in [0.2, 0.25) is 0 Å². The molecule has 14 rings (SSSR count). The van der Waals surface area contributed by atoms with Gasteiger partial charge in [0.05, 0.1) is 16.7 Å². The highest BCUT2D eigenvalue weighted by atomic mass is 16.3. The molecule has 3 aromatic heterocycles. The van der Waals surface area contributed by atoms with Crippen LogP contribution in [0.2, 0.25) is 0 Å². The number of hydrogen-bond donors (Lipinski definition) is 0. The first kappa shape index (κ1) is 37.8. The van der Waals surface area contributed by atoms with Gasteiger partial charge in [-0.2, -0.15) is 0 Å². The molecular formula is C62H47BN2O. The molecule has 0 N–H and O–H groups in total. The molecule has 5 heterocycles. The standard InChI is InChI=1S/C62H47BN2O/c1-61(2,3)41-26-27-50-45(33-41)47-34-42(62(4,5)6)35-49-59(47)64(50)51-31-40(38-25-28-54-46(29-38)44-23-15-16-24-53(44)66-54)32-52-57(51)63(49)56-43-22-14-13-21-39(43)30-48-55(36-17-9-7-10-18-36)58(65(52)60(48)56)37-19-11-8-12-20-37/h7-35H,1-6H3. The maximum atomic E-state index is 6.40. The average Bonchev–Trinajstić information content (AvgIpc) is 3.99. The largest absolute Gasteiger partial charge is 0.456 e. The Hall–Kier alpha value is -7.56. The third-order valence-corrected chi connectivity index (χ3v) is 15.0. The van der Waals surface area contributed by atoms with Gasteiger partial charge in [0, 0.05) is 49.4 Å². The number of benzene rings is 9. The van der Waals surface area contributed by atoms with Crippen LogP contribution in [0, 0.1) is 0 Å². The first-order chi connectivity index (χ1) is 32.0. The molecule has 2 aliphatic rings. The highest BCUT2D eigenvalue weighted by molar-refractivity contribution is 7.01. The molecule has 0 amide bonds. The number of rotatable bonds is 3. The lowest BCUT2D eigenvalue weighted by Gasteiger charge is -2.36. The number of nitrogens with zero attached hydrogens (tertiary/aromatic N) is 2. The highest BCUT2D eigenvalue weighted by Crippen LogP contribution is 2.48. The number of hydrogen-bond acceptors (Lipinski definition) is 1. The second-order valence-electron chi connectivity index (χ2n) is 20.9. The molecule has 0 spiro atoms. The van der Waals surface area contributed by atoms with E-state index in [4.69, 9.17) is 4.42 Å². The lowest BCUT2D eigenvalue weighted by Crippen LogP contribution is -2.60. The monoisotopic (exact) mass is 846 g/mol. The van der Waals surface area contributed by atoms with Gasteiger partial charge in [-0.3, -0.25) is 0 Å². The van der Waals surface area contributed by atoms with Gasteiger partial charge in [-0.1, -0.05) is 163 Å². The number of fused-ring (bicyclic) bond motifs is 12. The smallest absolute Gasteiger partial charge is 0.253 e. The van der Waals surface area contributed by atoms with Crippen LogP contribution in [0.15, 0.2) is 180 Å².